The number of Topliss-reactive ketones (excluding diaryl/α,β-unsaturated/α-hetero) is 2. The molecule has 66 heavy (non-hydrogen) atoms. The number of carbonyl (C=O) groups is 6. The summed E-state index contributed by atoms with van der Waals surface area (Å²) in [4.78, 5) is 85.0. The van der Waals surface area contributed by atoms with Gasteiger partial charge >= 0.3 is 5.97 Å². The number of thiophene rings is 1. The van der Waals surface area contributed by atoms with E-state index in [2.05, 4.69) is 16.0 Å². The highest BCUT2D eigenvalue weighted by molar-refractivity contribution is 7.09. The highest BCUT2D eigenvalue weighted by atomic mass is 32.1. The number of carboxylic acids is 1. The Kier molecular flexibility index (Phi) is 16.4. The van der Waals surface area contributed by atoms with Gasteiger partial charge in [-0.25, -0.2) is 4.79 Å². The number of aliphatic carboxylic acids is 1. The number of amides is 3. The second-order valence-corrected chi connectivity index (χ2v) is 17.8. The van der Waals surface area contributed by atoms with E-state index in [1.54, 1.807) is 24.3 Å². The summed E-state index contributed by atoms with van der Waals surface area (Å²) in [5, 5.41) is 20.7. The topological polar surface area (TPSA) is 168 Å². The van der Waals surface area contributed by atoms with Crippen LogP contribution >= 0.6 is 11.3 Å². The third-order valence-electron chi connectivity index (χ3n) is 11.8. The van der Waals surface area contributed by atoms with E-state index in [0.29, 0.717) is 17.7 Å². The van der Waals surface area contributed by atoms with E-state index >= 15 is 0 Å². The second-order valence-electron chi connectivity index (χ2n) is 16.7. The average molecular weight is 904 g/mol. The molecule has 3 heterocycles. The van der Waals surface area contributed by atoms with Crippen molar-refractivity contribution in [2.45, 2.75) is 69.5 Å². The molecule has 2 bridgehead atoms. The lowest BCUT2D eigenvalue weighted by atomic mass is 9.89. The van der Waals surface area contributed by atoms with Crippen LogP contribution in [0, 0.1) is 11.8 Å². The van der Waals surface area contributed by atoms with Crippen LogP contribution in [0.25, 0.3) is 11.1 Å². The second kappa shape index (κ2) is 23.1. The van der Waals surface area contributed by atoms with Gasteiger partial charge in [-0.05, 0) is 89.1 Å². The third kappa shape index (κ3) is 13.7. The molecule has 338 valence electrons. The fourth-order valence-corrected chi connectivity index (χ4v) is 8.93. The molecule has 5 atom stereocenters. The minimum atomic E-state index is -1.23. The lowest BCUT2D eigenvalue weighted by molar-refractivity contribution is -0.143. The Labute approximate surface area is 388 Å². The number of carboxylic acid groups (broad SMARTS) is 1. The minimum Gasteiger partial charge on any atom is -0.486 e. The molecule has 11 nitrogen and oxygen atoms in total. The van der Waals surface area contributed by atoms with Crippen LogP contribution in [0.1, 0.15) is 46.4 Å². The Morgan fingerprint density at radius 2 is 1.24 bits per heavy atom. The normalized spacial score (nSPS) is 19.0. The van der Waals surface area contributed by atoms with Crippen LogP contribution in [0.3, 0.4) is 0 Å². The van der Waals surface area contributed by atoms with E-state index in [4.69, 9.17) is 4.74 Å². The number of fused-ring (bicyclic) bond motifs is 16. The molecule has 3 amide bonds. The molecular formula is C54H53N3O8S. The van der Waals surface area contributed by atoms with Gasteiger partial charge in [0.15, 0.2) is 11.6 Å². The van der Waals surface area contributed by atoms with Crippen molar-refractivity contribution in [3.8, 4) is 16.9 Å². The van der Waals surface area contributed by atoms with Crippen molar-refractivity contribution in [1.29, 1.82) is 0 Å². The molecule has 0 unspecified atom stereocenters. The predicted molar refractivity (Wildman–Crippen MR) is 254 cm³/mol. The number of hydrogen-bond acceptors (Lipinski definition) is 8. The molecule has 2 aliphatic rings. The number of ketones is 2. The molecule has 0 aliphatic carbocycles. The summed E-state index contributed by atoms with van der Waals surface area (Å²) < 4.78 is 5.88. The number of benzene rings is 5. The Morgan fingerprint density at radius 3 is 1.89 bits per heavy atom. The van der Waals surface area contributed by atoms with Gasteiger partial charge in [-0.1, -0.05) is 133 Å². The van der Waals surface area contributed by atoms with Gasteiger partial charge in [0.25, 0.3) is 0 Å². The molecule has 5 aromatic carbocycles. The maximum Gasteiger partial charge on any atom is 0.326 e. The number of nitrogens with one attached hydrogen (secondary N) is 3. The van der Waals surface area contributed by atoms with Crippen LogP contribution < -0.4 is 20.7 Å². The summed E-state index contributed by atoms with van der Waals surface area (Å²) in [5.41, 5.74) is 5.08. The number of aryl methyl sites for hydroxylation is 1. The molecule has 12 heteroatoms. The summed E-state index contributed by atoms with van der Waals surface area (Å²) in [5.74, 6) is -5.15. The first-order chi connectivity index (χ1) is 32.1. The Bertz CT molecular complexity index is 2550. The smallest absolute Gasteiger partial charge is 0.326 e. The van der Waals surface area contributed by atoms with Crippen molar-refractivity contribution in [2.75, 3.05) is 6.61 Å². The van der Waals surface area contributed by atoms with Gasteiger partial charge in [-0.2, -0.15) is 0 Å². The van der Waals surface area contributed by atoms with Gasteiger partial charge in [0.1, 0.15) is 24.4 Å². The molecule has 2 aliphatic heterocycles. The Balaban J connectivity index is 1.21. The molecular weight excluding hydrogens is 851 g/mol. The van der Waals surface area contributed by atoms with Crippen molar-refractivity contribution in [1.82, 2.24) is 16.0 Å². The maximum absolute atomic E-state index is 14.7. The lowest BCUT2D eigenvalue weighted by Gasteiger charge is -2.26. The largest absolute Gasteiger partial charge is 0.486 e. The quantitative estimate of drug-likeness (QED) is 0.0931. The molecule has 0 saturated heterocycles. The van der Waals surface area contributed by atoms with Crippen LogP contribution in [-0.2, 0) is 60.9 Å². The Morgan fingerprint density at radius 1 is 0.636 bits per heavy atom. The number of hydrogen-bond donors (Lipinski definition) is 4. The molecule has 0 saturated carbocycles. The molecule has 4 N–H and O–H groups in total. The van der Waals surface area contributed by atoms with Gasteiger partial charge in [0, 0.05) is 36.0 Å². The van der Waals surface area contributed by atoms with Crippen LogP contribution in [0.5, 0.6) is 5.75 Å². The van der Waals surface area contributed by atoms with E-state index in [0.717, 1.165) is 32.7 Å². The molecule has 6 aromatic rings. The number of carbonyl (C=O) groups excluding carboxylic acids is 5. The van der Waals surface area contributed by atoms with E-state index in [9.17, 15) is 33.9 Å². The van der Waals surface area contributed by atoms with Crippen LogP contribution in [-0.4, -0.2) is 65.1 Å². The van der Waals surface area contributed by atoms with E-state index in [1.807, 2.05) is 133 Å². The zero-order valence-corrected chi connectivity index (χ0v) is 37.3. The molecule has 0 spiro atoms. The number of ether oxygens (including phenoxy) is 1. The summed E-state index contributed by atoms with van der Waals surface area (Å²) in [7, 11) is 0. The monoisotopic (exact) mass is 903 g/mol. The van der Waals surface area contributed by atoms with Crippen molar-refractivity contribution >= 4 is 46.6 Å². The van der Waals surface area contributed by atoms with Crippen molar-refractivity contribution in [3.05, 3.63) is 184 Å². The molecule has 0 fully saturated rings. The Hall–Kier alpha value is -7.18. The van der Waals surface area contributed by atoms with Gasteiger partial charge in [0.2, 0.25) is 17.7 Å². The predicted octanol–water partition coefficient (Wildman–Crippen LogP) is 7.40. The zero-order valence-electron chi connectivity index (χ0n) is 36.5. The van der Waals surface area contributed by atoms with Crippen LogP contribution in [0.2, 0.25) is 0 Å². The highest BCUT2D eigenvalue weighted by Crippen LogP contribution is 2.24. The maximum atomic E-state index is 14.7. The van der Waals surface area contributed by atoms with Crippen molar-refractivity contribution < 1.29 is 38.6 Å². The van der Waals surface area contributed by atoms with Crippen LogP contribution in [0.4, 0.5) is 0 Å². The first-order valence-corrected chi connectivity index (χ1v) is 23.1. The van der Waals surface area contributed by atoms with Crippen molar-refractivity contribution in [2.24, 2.45) is 11.8 Å². The summed E-state index contributed by atoms with van der Waals surface area (Å²) in [6, 6.07) is 43.1. The highest BCUT2D eigenvalue weighted by Gasteiger charge is 2.34. The molecule has 1 aromatic heterocycles. The van der Waals surface area contributed by atoms with Crippen molar-refractivity contribution in [3.63, 3.8) is 0 Å². The lowest BCUT2D eigenvalue weighted by Crippen LogP contribution is -2.54. The average Bonchev–Trinajstić information content (AvgIpc) is 3.85. The SMILES string of the molecule is O=C1COc2ccc(cc2)C[C@@H](C(=O)N[C@@H](CCc2ccccc2)C(=O)O)CC(=O)[C@H](Cc2ccccc2)NC(=O)[C@H](Cc2ccc(-c3ccccc3)cc2)NC(=O)[C@H](Cc2cccs2)C1. The first kappa shape index (κ1) is 46.8. The zero-order chi connectivity index (χ0) is 46.3. The van der Waals surface area contributed by atoms with Gasteiger partial charge in [-0.15, -0.1) is 11.3 Å². The number of rotatable bonds is 13. The third-order valence-corrected chi connectivity index (χ3v) is 12.7. The standard InChI is InChI=1S/C54H53N3O8S/c58-44-32-43(33-46-17-10-28-66-46)52(61)57-49(31-39-18-23-41(24-19-39)40-15-8-3-9-16-40)53(62)56-48(30-37-13-6-2-7-14-37)50(59)34-42(29-38-20-25-45(26-21-38)65-35-44)51(60)55-47(54(63)64)27-22-36-11-4-1-5-12-36/h1-21,23-26,28,42-43,47-49H,22,27,29-35H2,(H,55,60)(H,56,62)(H,57,61)(H,63,64)/t42-,43+,47+,48+,49+/m1/s1. The summed E-state index contributed by atoms with van der Waals surface area (Å²) in [6.07, 6.45) is 0.537. The molecule has 8 rings (SSSR count). The summed E-state index contributed by atoms with van der Waals surface area (Å²) in [6.45, 7) is -0.300. The van der Waals surface area contributed by atoms with Gasteiger partial charge < -0.3 is 25.8 Å². The first-order valence-electron chi connectivity index (χ1n) is 22.2. The fraction of sp³-hybridized carbons (Fsp3) is 0.259. The van der Waals surface area contributed by atoms with Gasteiger partial charge in [-0.3, -0.25) is 24.0 Å². The van der Waals surface area contributed by atoms with E-state index in [-0.39, 0.29) is 57.3 Å². The van der Waals surface area contributed by atoms with Gasteiger partial charge in [0.05, 0.1) is 6.04 Å². The van der Waals surface area contributed by atoms with Crippen LogP contribution in [0.15, 0.2) is 157 Å². The fourth-order valence-electron chi connectivity index (χ4n) is 8.14. The summed E-state index contributed by atoms with van der Waals surface area (Å²) >= 11 is 1.47. The van der Waals surface area contributed by atoms with E-state index < -0.39 is 59.4 Å². The molecule has 0 radical (unpaired) electrons. The minimum absolute atomic E-state index is 0.0653. The van der Waals surface area contributed by atoms with E-state index in [1.165, 1.54) is 11.3 Å².